The van der Waals surface area contributed by atoms with E-state index in [2.05, 4.69) is 15.9 Å². The van der Waals surface area contributed by atoms with Gasteiger partial charge in [-0.25, -0.2) is 8.78 Å². The van der Waals surface area contributed by atoms with Gasteiger partial charge < -0.3 is 5.11 Å². The van der Waals surface area contributed by atoms with Crippen LogP contribution in [0, 0.1) is 11.6 Å². The first kappa shape index (κ1) is 13.2. The molecule has 2 aromatic carbocycles. The van der Waals surface area contributed by atoms with E-state index in [0.29, 0.717) is 4.47 Å². The average Bonchev–Trinajstić information content (AvgIpc) is 2.32. The van der Waals surface area contributed by atoms with Crippen LogP contribution < -0.4 is 0 Å². The highest BCUT2D eigenvalue weighted by molar-refractivity contribution is 9.10. The minimum Gasteiger partial charge on any atom is -0.380 e. The first-order valence-electron chi connectivity index (χ1n) is 5.36. The molecule has 2 rings (SSSR count). The predicted octanol–water partition coefficient (Wildman–Crippen LogP) is 3.98. The second kappa shape index (κ2) is 4.78. The molecule has 0 spiro atoms. The van der Waals surface area contributed by atoms with Gasteiger partial charge in [-0.3, -0.25) is 0 Å². The van der Waals surface area contributed by atoms with E-state index in [1.165, 1.54) is 43.3 Å². The van der Waals surface area contributed by atoms with E-state index < -0.39 is 17.2 Å². The molecule has 0 heterocycles. The highest BCUT2D eigenvalue weighted by Crippen LogP contribution is 2.33. The third-order valence-electron chi connectivity index (χ3n) is 2.85. The van der Waals surface area contributed by atoms with Crippen molar-refractivity contribution < 1.29 is 13.9 Å². The number of benzene rings is 2. The maximum atomic E-state index is 13.8. The van der Waals surface area contributed by atoms with E-state index in [1.54, 1.807) is 6.07 Å². The SMILES string of the molecule is CC(O)(c1ccccc1F)c1cc(Br)ccc1F. The van der Waals surface area contributed by atoms with E-state index in [-0.39, 0.29) is 11.1 Å². The van der Waals surface area contributed by atoms with Gasteiger partial charge in [-0.05, 0) is 31.2 Å². The third kappa shape index (κ3) is 2.31. The summed E-state index contributed by atoms with van der Waals surface area (Å²) >= 11 is 3.21. The molecule has 0 aliphatic carbocycles. The molecule has 0 aliphatic rings. The fraction of sp³-hybridized carbons (Fsp3) is 0.143. The topological polar surface area (TPSA) is 20.2 Å². The van der Waals surface area contributed by atoms with Gasteiger partial charge in [0.05, 0.1) is 0 Å². The Morgan fingerprint density at radius 2 is 1.61 bits per heavy atom. The average molecular weight is 313 g/mol. The molecule has 94 valence electrons. The summed E-state index contributed by atoms with van der Waals surface area (Å²) in [5.41, 5.74) is -1.65. The van der Waals surface area contributed by atoms with Gasteiger partial charge in [-0.2, -0.15) is 0 Å². The van der Waals surface area contributed by atoms with E-state index in [4.69, 9.17) is 0 Å². The normalized spacial score (nSPS) is 14.3. The first-order valence-corrected chi connectivity index (χ1v) is 6.15. The van der Waals surface area contributed by atoms with Crippen LogP contribution in [0.3, 0.4) is 0 Å². The number of hydrogen-bond acceptors (Lipinski definition) is 1. The van der Waals surface area contributed by atoms with E-state index >= 15 is 0 Å². The van der Waals surface area contributed by atoms with Gasteiger partial charge in [0.1, 0.15) is 17.2 Å². The van der Waals surface area contributed by atoms with Crippen LogP contribution in [0.5, 0.6) is 0 Å². The highest BCUT2D eigenvalue weighted by Gasteiger charge is 2.31. The molecule has 0 amide bonds. The molecule has 0 aromatic heterocycles. The summed E-state index contributed by atoms with van der Waals surface area (Å²) in [4.78, 5) is 0. The van der Waals surface area contributed by atoms with Crippen molar-refractivity contribution in [2.75, 3.05) is 0 Å². The molecule has 2 aromatic rings. The van der Waals surface area contributed by atoms with Gasteiger partial charge in [-0.15, -0.1) is 0 Å². The smallest absolute Gasteiger partial charge is 0.129 e. The Labute approximate surface area is 112 Å². The molecule has 1 atom stereocenters. The summed E-state index contributed by atoms with van der Waals surface area (Å²) in [5, 5.41) is 10.4. The van der Waals surface area contributed by atoms with E-state index in [1.807, 2.05) is 0 Å². The molecule has 0 aliphatic heterocycles. The van der Waals surface area contributed by atoms with Crippen molar-refractivity contribution in [1.82, 2.24) is 0 Å². The van der Waals surface area contributed by atoms with Crippen molar-refractivity contribution in [2.24, 2.45) is 0 Å². The van der Waals surface area contributed by atoms with Crippen molar-refractivity contribution in [3.63, 3.8) is 0 Å². The van der Waals surface area contributed by atoms with Crippen molar-refractivity contribution >= 4 is 15.9 Å². The lowest BCUT2D eigenvalue weighted by atomic mass is 9.87. The van der Waals surface area contributed by atoms with E-state index in [9.17, 15) is 13.9 Å². The second-order valence-corrected chi connectivity index (χ2v) is 5.09. The van der Waals surface area contributed by atoms with Gasteiger partial charge >= 0.3 is 0 Å². The maximum Gasteiger partial charge on any atom is 0.129 e. The Balaban J connectivity index is 2.61. The molecule has 0 bridgehead atoms. The van der Waals surface area contributed by atoms with Crippen LogP contribution in [0.4, 0.5) is 8.78 Å². The predicted molar refractivity (Wildman–Crippen MR) is 69.2 cm³/mol. The largest absolute Gasteiger partial charge is 0.380 e. The van der Waals surface area contributed by atoms with Crippen LogP contribution in [0.25, 0.3) is 0 Å². The lowest BCUT2D eigenvalue weighted by Crippen LogP contribution is -2.25. The fourth-order valence-electron chi connectivity index (χ4n) is 1.87. The molecule has 4 heteroatoms. The van der Waals surface area contributed by atoms with Gasteiger partial charge in [0, 0.05) is 15.6 Å². The van der Waals surface area contributed by atoms with Crippen molar-refractivity contribution in [3.05, 3.63) is 69.7 Å². The van der Waals surface area contributed by atoms with Gasteiger partial charge in [0.2, 0.25) is 0 Å². The number of hydrogen-bond donors (Lipinski definition) is 1. The summed E-state index contributed by atoms with van der Waals surface area (Å²) in [7, 11) is 0. The molecule has 18 heavy (non-hydrogen) atoms. The zero-order chi connectivity index (χ0) is 13.3. The quantitative estimate of drug-likeness (QED) is 0.889. The number of halogens is 3. The Kier molecular flexibility index (Phi) is 3.50. The fourth-order valence-corrected chi connectivity index (χ4v) is 2.23. The molecular weight excluding hydrogens is 302 g/mol. The minimum atomic E-state index is -1.72. The zero-order valence-electron chi connectivity index (χ0n) is 9.62. The lowest BCUT2D eigenvalue weighted by Gasteiger charge is -2.25. The monoisotopic (exact) mass is 312 g/mol. The molecule has 0 saturated heterocycles. The van der Waals surface area contributed by atoms with Crippen LogP contribution in [0.1, 0.15) is 18.1 Å². The van der Waals surface area contributed by atoms with Crippen molar-refractivity contribution in [1.29, 1.82) is 0 Å². The van der Waals surface area contributed by atoms with Gasteiger partial charge in [-0.1, -0.05) is 34.1 Å². The summed E-state index contributed by atoms with van der Waals surface area (Å²) in [5.74, 6) is -1.15. The van der Waals surface area contributed by atoms with Crippen molar-refractivity contribution in [2.45, 2.75) is 12.5 Å². The Morgan fingerprint density at radius 3 is 2.28 bits per heavy atom. The van der Waals surface area contributed by atoms with Crippen LogP contribution in [-0.2, 0) is 5.60 Å². The summed E-state index contributed by atoms with van der Waals surface area (Å²) in [6.07, 6.45) is 0. The molecule has 0 radical (unpaired) electrons. The summed E-state index contributed by atoms with van der Waals surface area (Å²) in [6, 6.07) is 10.00. The van der Waals surface area contributed by atoms with Gasteiger partial charge in [0.25, 0.3) is 0 Å². The molecule has 1 nitrogen and oxygen atoms in total. The van der Waals surface area contributed by atoms with Crippen LogP contribution in [0.15, 0.2) is 46.9 Å². The van der Waals surface area contributed by atoms with E-state index in [0.717, 1.165) is 0 Å². The van der Waals surface area contributed by atoms with Gasteiger partial charge in [0.15, 0.2) is 0 Å². The highest BCUT2D eigenvalue weighted by atomic mass is 79.9. The number of rotatable bonds is 2. The minimum absolute atomic E-state index is 0.0296. The lowest BCUT2D eigenvalue weighted by molar-refractivity contribution is 0.0937. The Morgan fingerprint density at radius 1 is 1.00 bits per heavy atom. The first-order chi connectivity index (χ1) is 8.43. The van der Waals surface area contributed by atoms with Crippen LogP contribution in [0.2, 0.25) is 0 Å². The molecule has 1 N–H and O–H groups in total. The summed E-state index contributed by atoms with van der Waals surface area (Å²) in [6.45, 7) is 1.37. The zero-order valence-corrected chi connectivity index (χ0v) is 11.2. The van der Waals surface area contributed by atoms with Crippen LogP contribution in [-0.4, -0.2) is 5.11 Å². The second-order valence-electron chi connectivity index (χ2n) is 4.18. The molecule has 0 fully saturated rings. The van der Waals surface area contributed by atoms with Crippen LogP contribution >= 0.6 is 15.9 Å². The molecular formula is C14H11BrF2O. The standard InChI is InChI=1S/C14H11BrF2O/c1-14(18,10-4-2-3-5-12(10)16)11-8-9(15)6-7-13(11)17/h2-8,18H,1H3. The number of aliphatic hydroxyl groups is 1. The Hall–Kier alpha value is -1.26. The third-order valence-corrected chi connectivity index (χ3v) is 3.34. The molecule has 0 saturated carbocycles. The molecule has 1 unspecified atom stereocenters. The van der Waals surface area contributed by atoms with Crippen molar-refractivity contribution in [3.8, 4) is 0 Å². The Bertz CT molecular complexity index is 582. The maximum absolute atomic E-state index is 13.8. The summed E-state index contributed by atoms with van der Waals surface area (Å²) < 4.78 is 28.1.